The van der Waals surface area contributed by atoms with Gasteiger partial charge in [0.25, 0.3) is 0 Å². The van der Waals surface area contributed by atoms with E-state index in [4.69, 9.17) is 5.26 Å². The van der Waals surface area contributed by atoms with Crippen molar-refractivity contribution in [2.75, 3.05) is 0 Å². The van der Waals surface area contributed by atoms with E-state index in [0.29, 0.717) is 0 Å². The molecule has 0 saturated carbocycles. The Labute approximate surface area is 59.9 Å². The van der Waals surface area contributed by atoms with Gasteiger partial charge in [-0.05, 0) is 0 Å². The maximum absolute atomic E-state index is 8.05. The summed E-state index contributed by atoms with van der Waals surface area (Å²) in [4.78, 5) is 0. The van der Waals surface area contributed by atoms with Gasteiger partial charge in [-0.15, -0.1) is 0 Å². The Hall–Kier alpha value is -0.341. The third-order valence-electron chi connectivity index (χ3n) is 0.877. The Bertz CT molecular complexity index is 164. The predicted molar refractivity (Wildman–Crippen MR) is 35.5 cm³/mol. The van der Waals surface area contributed by atoms with E-state index in [1.165, 1.54) is 0 Å². The van der Waals surface area contributed by atoms with Gasteiger partial charge in [-0.3, -0.25) is 0 Å². The molecule has 3 heteroatoms. The number of benzene rings is 1. The minimum atomic E-state index is -0.235. The van der Waals surface area contributed by atoms with E-state index >= 15 is 0 Å². The van der Waals surface area contributed by atoms with Crippen LogP contribution in [0.5, 0.6) is 0 Å². The quantitative estimate of drug-likeness (QED) is 0.415. The molecule has 48 valence electrons. The average molecular weight is 189 g/mol. The molecule has 2 nitrogen and oxygen atoms in total. The molecule has 0 unspecified atom stereocenters. The molecule has 1 rings (SSSR count). The van der Waals surface area contributed by atoms with Crippen LogP contribution in [0.3, 0.4) is 0 Å². The van der Waals surface area contributed by atoms with Gasteiger partial charge < -0.3 is 0 Å². The van der Waals surface area contributed by atoms with Crippen LogP contribution in [-0.4, -0.2) is 20.5 Å². The van der Waals surface area contributed by atoms with Crippen molar-refractivity contribution in [2.45, 2.75) is 0 Å². The molecule has 0 saturated heterocycles. The second-order valence-corrected chi connectivity index (χ2v) is 3.12. The first-order valence-electron chi connectivity index (χ1n) is 2.46. The van der Waals surface area contributed by atoms with Gasteiger partial charge in [-0.25, -0.2) is 0 Å². The van der Waals surface area contributed by atoms with Gasteiger partial charge in [-0.1, -0.05) is 0 Å². The molecule has 1 aromatic carbocycles. The third kappa shape index (κ3) is 2.16. The molecule has 0 radical (unpaired) electrons. The predicted octanol–water partition coefficient (Wildman–Crippen LogP) is 0.421. The number of hydrogen-bond acceptors (Lipinski definition) is 2. The SMILES string of the molecule is OO[Se]c1ccccc1. The summed E-state index contributed by atoms with van der Waals surface area (Å²) in [5.41, 5.74) is 0. The van der Waals surface area contributed by atoms with Crippen LogP contribution in [0.25, 0.3) is 0 Å². The van der Waals surface area contributed by atoms with E-state index in [1.54, 1.807) is 0 Å². The number of hydrogen-bond donors (Lipinski definition) is 1. The second-order valence-electron chi connectivity index (χ2n) is 1.47. The van der Waals surface area contributed by atoms with Crippen LogP contribution in [-0.2, 0) is 3.97 Å². The molecule has 0 spiro atoms. The van der Waals surface area contributed by atoms with Gasteiger partial charge in [0.15, 0.2) is 0 Å². The standard InChI is InChI=1S/C6H6O2Se/c7-8-9-6-4-2-1-3-5-6/h1-5,7H. The molecule has 1 aromatic rings. The molecular weight excluding hydrogens is 183 g/mol. The zero-order valence-corrected chi connectivity index (χ0v) is 6.36. The molecule has 0 fully saturated rings. The summed E-state index contributed by atoms with van der Waals surface area (Å²) in [5.74, 6) is 0. The fraction of sp³-hybridized carbons (Fsp3) is 0. The van der Waals surface area contributed by atoms with Crippen molar-refractivity contribution in [3.8, 4) is 0 Å². The molecule has 9 heavy (non-hydrogen) atoms. The van der Waals surface area contributed by atoms with E-state index in [0.717, 1.165) is 4.46 Å². The van der Waals surface area contributed by atoms with Crippen LogP contribution in [0, 0.1) is 0 Å². The molecule has 0 aromatic heterocycles. The summed E-state index contributed by atoms with van der Waals surface area (Å²) in [6, 6.07) is 9.58. The van der Waals surface area contributed by atoms with E-state index in [1.807, 2.05) is 30.3 Å². The first kappa shape index (κ1) is 6.77. The summed E-state index contributed by atoms with van der Waals surface area (Å²) >= 11 is -0.235. The third-order valence-corrected chi connectivity index (χ3v) is 2.01. The van der Waals surface area contributed by atoms with Gasteiger partial charge in [0, 0.05) is 0 Å². The van der Waals surface area contributed by atoms with E-state index in [9.17, 15) is 0 Å². The van der Waals surface area contributed by atoms with Crippen molar-refractivity contribution in [3.63, 3.8) is 0 Å². The normalized spacial score (nSPS) is 9.44. The van der Waals surface area contributed by atoms with Crippen molar-refractivity contribution in [3.05, 3.63) is 30.3 Å². The average Bonchev–Trinajstić information content (AvgIpc) is 1.91. The topological polar surface area (TPSA) is 29.5 Å². The Morgan fingerprint density at radius 2 is 1.89 bits per heavy atom. The Balaban J connectivity index is 2.61. The molecule has 0 atom stereocenters. The molecular formula is C6H6O2Se. The zero-order valence-electron chi connectivity index (χ0n) is 4.65. The first-order valence-corrected chi connectivity index (χ1v) is 4.02. The monoisotopic (exact) mass is 190 g/mol. The Morgan fingerprint density at radius 3 is 2.44 bits per heavy atom. The summed E-state index contributed by atoms with van der Waals surface area (Å²) < 4.78 is 5.03. The van der Waals surface area contributed by atoms with Crippen LogP contribution in [0.15, 0.2) is 30.3 Å². The van der Waals surface area contributed by atoms with Gasteiger partial charge in [0.1, 0.15) is 0 Å². The van der Waals surface area contributed by atoms with E-state index < -0.39 is 0 Å². The Kier molecular flexibility index (Phi) is 2.74. The van der Waals surface area contributed by atoms with Crippen molar-refractivity contribution < 1.29 is 9.23 Å². The fourth-order valence-electron chi connectivity index (χ4n) is 0.519. The van der Waals surface area contributed by atoms with Crippen molar-refractivity contribution in [1.82, 2.24) is 0 Å². The van der Waals surface area contributed by atoms with Crippen LogP contribution in [0.2, 0.25) is 0 Å². The Morgan fingerprint density at radius 1 is 1.22 bits per heavy atom. The zero-order chi connectivity index (χ0) is 6.53. The van der Waals surface area contributed by atoms with Crippen LogP contribution in [0.1, 0.15) is 0 Å². The van der Waals surface area contributed by atoms with E-state index in [2.05, 4.69) is 3.97 Å². The molecule has 0 aliphatic heterocycles. The molecule has 1 N–H and O–H groups in total. The molecule has 0 heterocycles. The van der Waals surface area contributed by atoms with Gasteiger partial charge >= 0.3 is 59.3 Å². The van der Waals surface area contributed by atoms with Crippen LogP contribution >= 0.6 is 0 Å². The molecule has 0 amide bonds. The summed E-state index contributed by atoms with van der Waals surface area (Å²) in [7, 11) is 0. The van der Waals surface area contributed by atoms with Crippen molar-refractivity contribution in [1.29, 1.82) is 0 Å². The summed E-state index contributed by atoms with van der Waals surface area (Å²) in [5, 5.41) is 8.05. The second kappa shape index (κ2) is 3.64. The van der Waals surface area contributed by atoms with Crippen molar-refractivity contribution in [2.24, 2.45) is 0 Å². The summed E-state index contributed by atoms with van der Waals surface area (Å²) in [6.07, 6.45) is 0. The number of rotatable bonds is 2. The summed E-state index contributed by atoms with van der Waals surface area (Å²) in [6.45, 7) is 0. The minimum absolute atomic E-state index is 0.235. The fourth-order valence-corrected chi connectivity index (χ4v) is 1.26. The van der Waals surface area contributed by atoms with Gasteiger partial charge in [0.05, 0.1) is 0 Å². The van der Waals surface area contributed by atoms with Crippen LogP contribution in [0.4, 0.5) is 0 Å². The molecule has 0 bridgehead atoms. The van der Waals surface area contributed by atoms with Gasteiger partial charge in [0.2, 0.25) is 0 Å². The molecule has 0 aliphatic rings. The maximum atomic E-state index is 8.05. The van der Waals surface area contributed by atoms with Crippen LogP contribution < -0.4 is 4.46 Å². The van der Waals surface area contributed by atoms with Crippen molar-refractivity contribution >= 4 is 19.7 Å². The van der Waals surface area contributed by atoms with Gasteiger partial charge in [-0.2, -0.15) is 0 Å². The first-order chi connectivity index (χ1) is 4.43. The van der Waals surface area contributed by atoms with E-state index in [-0.39, 0.29) is 15.3 Å². The molecule has 0 aliphatic carbocycles.